The molecule has 2 heterocycles. The Hall–Kier alpha value is -3.84. The monoisotopic (exact) mass is 468 g/mol. The Morgan fingerprint density at radius 2 is 1.31 bits per heavy atom. The van der Waals surface area contributed by atoms with Gasteiger partial charge in [0.15, 0.2) is 0 Å². The topological polar surface area (TPSA) is 51.2 Å². The number of imidazole rings is 2. The highest BCUT2D eigenvalue weighted by Crippen LogP contribution is 2.20. The summed E-state index contributed by atoms with van der Waals surface area (Å²) < 4.78 is 5.97. The normalized spacial score (nSPS) is 11.7. The zero-order chi connectivity index (χ0) is 24.5. The Bertz CT molecular complexity index is 1520. The fourth-order valence-corrected chi connectivity index (χ4v) is 4.60. The molecule has 0 saturated heterocycles. The van der Waals surface area contributed by atoms with Gasteiger partial charge in [0.25, 0.3) is 0 Å². The molecule has 0 unspecified atom stereocenters. The van der Waals surface area contributed by atoms with E-state index >= 15 is 0 Å². The van der Waals surface area contributed by atoms with E-state index in [1.807, 2.05) is 65.7 Å². The Kier molecular flexibility index (Phi) is 6.17. The van der Waals surface area contributed by atoms with E-state index in [0.717, 1.165) is 52.2 Å². The highest BCUT2D eigenvalue weighted by Gasteiger charge is 2.17. The standard InChI is InChI=1S/C28H32N6O/c1-30(2)17-18-32-24-10-6-5-9-23(24)29-27(32)20-34-26-12-8-7-11-25(26)33(28(34)35)19-21-13-15-22(16-14-21)31(3)4/h5-16H,17-20H2,1-4H3. The molecule has 0 aliphatic carbocycles. The maximum atomic E-state index is 13.7. The molecule has 7 nitrogen and oxygen atoms in total. The average Bonchev–Trinajstić information content (AvgIpc) is 3.33. The molecule has 7 heteroatoms. The molecule has 180 valence electrons. The van der Waals surface area contributed by atoms with Gasteiger partial charge in [-0.15, -0.1) is 0 Å². The van der Waals surface area contributed by atoms with Gasteiger partial charge in [0.05, 0.1) is 35.2 Å². The minimum absolute atomic E-state index is 0.0194. The summed E-state index contributed by atoms with van der Waals surface area (Å²) in [6, 6.07) is 24.6. The van der Waals surface area contributed by atoms with E-state index in [1.165, 1.54) is 0 Å². The lowest BCUT2D eigenvalue weighted by atomic mass is 10.2. The van der Waals surface area contributed by atoms with Crippen molar-refractivity contribution in [1.29, 1.82) is 0 Å². The summed E-state index contributed by atoms with van der Waals surface area (Å²) in [5, 5.41) is 0. The number of benzene rings is 3. The van der Waals surface area contributed by atoms with Crippen LogP contribution in [0.3, 0.4) is 0 Å². The van der Waals surface area contributed by atoms with E-state index in [4.69, 9.17) is 4.98 Å². The van der Waals surface area contributed by atoms with E-state index in [1.54, 1.807) is 0 Å². The maximum Gasteiger partial charge on any atom is 0.329 e. The highest BCUT2D eigenvalue weighted by atomic mass is 16.1. The number of fused-ring (bicyclic) bond motifs is 2. The molecule has 0 aliphatic heterocycles. The van der Waals surface area contributed by atoms with E-state index in [-0.39, 0.29) is 5.69 Å². The van der Waals surface area contributed by atoms with Crippen molar-refractivity contribution >= 4 is 27.8 Å². The fourth-order valence-electron chi connectivity index (χ4n) is 4.60. The smallest absolute Gasteiger partial charge is 0.329 e. The van der Waals surface area contributed by atoms with E-state index in [9.17, 15) is 4.79 Å². The van der Waals surface area contributed by atoms with Crippen molar-refractivity contribution in [2.45, 2.75) is 19.6 Å². The van der Waals surface area contributed by atoms with Crippen molar-refractivity contribution in [2.75, 3.05) is 39.6 Å². The minimum atomic E-state index is -0.0194. The first-order valence-electron chi connectivity index (χ1n) is 12.0. The van der Waals surface area contributed by atoms with Crippen LogP contribution in [0.2, 0.25) is 0 Å². The Labute approximate surface area is 205 Å². The average molecular weight is 469 g/mol. The number of hydrogen-bond acceptors (Lipinski definition) is 4. The van der Waals surface area contributed by atoms with Gasteiger partial charge in [-0.25, -0.2) is 9.78 Å². The number of hydrogen-bond donors (Lipinski definition) is 0. The van der Waals surface area contributed by atoms with Gasteiger partial charge in [0.2, 0.25) is 0 Å². The Morgan fingerprint density at radius 1 is 0.714 bits per heavy atom. The largest absolute Gasteiger partial charge is 0.378 e. The molecule has 2 aromatic heterocycles. The third-order valence-electron chi connectivity index (χ3n) is 6.52. The van der Waals surface area contributed by atoms with Crippen LogP contribution in [0, 0.1) is 0 Å². The molecule has 0 bridgehead atoms. The summed E-state index contributed by atoms with van der Waals surface area (Å²) in [6.45, 7) is 2.66. The zero-order valence-electron chi connectivity index (χ0n) is 20.8. The van der Waals surface area contributed by atoms with Crippen LogP contribution in [-0.2, 0) is 19.6 Å². The molecule has 0 aliphatic rings. The zero-order valence-corrected chi connectivity index (χ0v) is 20.8. The SMILES string of the molecule is CN(C)CCn1c(Cn2c(=O)n(Cc3ccc(N(C)C)cc3)c3ccccc32)nc2ccccc21. The molecule has 0 N–H and O–H groups in total. The first kappa shape index (κ1) is 22.9. The molecule has 0 saturated carbocycles. The summed E-state index contributed by atoms with van der Waals surface area (Å²) in [5.41, 5.74) is 6.13. The van der Waals surface area contributed by atoms with Crippen molar-refractivity contribution < 1.29 is 0 Å². The lowest BCUT2D eigenvalue weighted by Crippen LogP contribution is -2.27. The molecule has 0 fully saturated rings. The number of para-hydroxylation sites is 4. The quantitative estimate of drug-likeness (QED) is 0.347. The number of likely N-dealkylation sites (N-methyl/N-ethyl adjacent to an activating group) is 1. The molecular weight excluding hydrogens is 436 g/mol. The highest BCUT2D eigenvalue weighted by molar-refractivity contribution is 5.77. The van der Waals surface area contributed by atoms with Crippen LogP contribution in [0.15, 0.2) is 77.6 Å². The van der Waals surface area contributed by atoms with Crippen molar-refractivity contribution in [3.8, 4) is 0 Å². The van der Waals surface area contributed by atoms with Gasteiger partial charge in [-0.2, -0.15) is 0 Å². The van der Waals surface area contributed by atoms with Gasteiger partial charge in [-0.3, -0.25) is 9.13 Å². The van der Waals surface area contributed by atoms with Gasteiger partial charge in [0, 0.05) is 32.9 Å². The van der Waals surface area contributed by atoms with E-state index < -0.39 is 0 Å². The van der Waals surface area contributed by atoms with Gasteiger partial charge in [0.1, 0.15) is 5.82 Å². The maximum absolute atomic E-state index is 13.7. The number of nitrogens with zero attached hydrogens (tertiary/aromatic N) is 6. The van der Waals surface area contributed by atoms with Crippen LogP contribution < -0.4 is 10.6 Å². The summed E-state index contributed by atoms with van der Waals surface area (Å²) in [4.78, 5) is 22.9. The van der Waals surface area contributed by atoms with E-state index in [0.29, 0.717) is 13.1 Å². The van der Waals surface area contributed by atoms with Crippen molar-refractivity contribution in [3.63, 3.8) is 0 Å². The van der Waals surface area contributed by atoms with Crippen LogP contribution in [0.1, 0.15) is 11.4 Å². The van der Waals surface area contributed by atoms with Gasteiger partial charge < -0.3 is 14.4 Å². The molecule has 35 heavy (non-hydrogen) atoms. The Balaban J connectivity index is 1.56. The summed E-state index contributed by atoms with van der Waals surface area (Å²) in [6.07, 6.45) is 0. The second-order valence-corrected chi connectivity index (χ2v) is 9.48. The van der Waals surface area contributed by atoms with Crippen molar-refractivity contribution in [3.05, 3.63) is 94.7 Å². The van der Waals surface area contributed by atoms with E-state index in [2.05, 4.69) is 58.8 Å². The fraction of sp³-hybridized carbons (Fsp3) is 0.286. The van der Waals surface area contributed by atoms with Gasteiger partial charge in [-0.1, -0.05) is 36.4 Å². The van der Waals surface area contributed by atoms with Crippen molar-refractivity contribution in [2.24, 2.45) is 0 Å². The molecule has 0 radical (unpaired) electrons. The summed E-state index contributed by atoms with van der Waals surface area (Å²) in [7, 11) is 8.20. The first-order valence-corrected chi connectivity index (χ1v) is 12.0. The second kappa shape index (κ2) is 9.43. The molecule has 0 spiro atoms. The van der Waals surface area contributed by atoms with Gasteiger partial charge >= 0.3 is 5.69 Å². The molecule has 0 atom stereocenters. The third kappa shape index (κ3) is 4.47. The van der Waals surface area contributed by atoms with Crippen LogP contribution in [0.5, 0.6) is 0 Å². The molecule has 0 amide bonds. The summed E-state index contributed by atoms with van der Waals surface area (Å²) >= 11 is 0. The molecule has 5 rings (SSSR count). The molecule has 3 aromatic carbocycles. The lowest BCUT2D eigenvalue weighted by molar-refractivity contribution is 0.382. The van der Waals surface area contributed by atoms with Gasteiger partial charge in [-0.05, 0) is 56.1 Å². The summed E-state index contributed by atoms with van der Waals surface area (Å²) in [5.74, 6) is 0.897. The van der Waals surface area contributed by atoms with Crippen molar-refractivity contribution in [1.82, 2.24) is 23.6 Å². The molecule has 5 aromatic rings. The van der Waals surface area contributed by atoms with Crippen LogP contribution >= 0.6 is 0 Å². The minimum Gasteiger partial charge on any atom is -0.378 e. The Morgan fingerprint density at radius 3 is 1.94 bits per heavy atom. The number of aromatic nitrogens is 4. The predicted molar refractivity (Wildman–Crippen MR) is 143 cm³/mol. The second-order valence-electron chi connectivity index (χ2n) is 9.48. The molecular formula is C28H32N6O. The van der Waals surface area contributed by atoms with Crippen LogP contribution in [0.4, 0.5) is 5.69 Å². The predicted octanol–water partition coefficient (Wildman–Crippen LogP) is 3.88. The number of anilines is 1. The number of rotatable bonds is 8. The lowest BCUT2D eigenvalue weighted by Gasteiger charge is -2.14. The third-order valence-corrected chi connectivity index (χ3v) is 6.52. The first-order chi connectivity index (χ1) is 16.9. The van der Waals surface area contributed by atoms with Crippen LogP contribution in [0.25, 0.3) is 22.1 Å². The van der Waals surface area contributed by atoms with Crippen LogP contribution in [-0.4, -0.2) is 58.3 Å².